The molecule has 0 saturated carbocycles. The lowest BCUT2D eigenvalue weighted by molar-refractivity contribution is -0.143. The van der Waals surface area contributed by atoms with Crippen LogP contribution in [0.25, 0.3) is 0 Å². The van der Waals surface area contributed by atoms with Gasteiger partial charge in [0.15, 0.2) is 9.84 Å². The summed E-state index contributed by atoms with van der Waals surface area (Å²) in [6, 6.07) is 7.66. The summed E-state index contributed by atoms with van der Waals surface area (Å²) in [6.45, 7) is 1.60. The van der Waals surface area contributed by atoms with Gasteiger partial charge in [-0.15, -0.1) is 0 Å². The second kappa shape index (κ2) is 7.93. The Balaban J connectivity index is 2.55. The van der Waals surface area contributed by atoms with Crippen molar-refractivity contribution in [3.63, 3.8) is 0 Å². The number of rotatable bonds is 6. The monoisotopic (exact) mass is 388 g/mol. The van der Waals surface area contributed by atoms with E-state index in [4.69, 9.17) is 16.3 Å². The van der Waals surface area contributed by atoms with E-state index in [1.54, 1.807) is 6.92 Å². The number of benzene rings is 2. The molecule has 0 saturated heterocycles. The van der Waals surface area contributed by atoms with Gasteiger partial charge >= 0.3 is 5.97 Å². The van der Waals surface area contributed by atoms with Gasteiger partial charge in [-0.2, -0.15) is 0 Å². The molecule has 2 aromatic rings. The molecule has 1 atom stereocenters. The zero-order chi connectivity index (χ0) is 18.6. The number of esters is 1. The fourth-order valence-corrected chi connectivity index (χ4v) is 4.15. The third kappa shape index (κ3) is 4.55. The van der Waals surface area contributed by atoms with Gasteiger partial charge in [-0.1, -0.05) is 11.6 Å². The Kier molecular flexibility index (Phi) is 6.13. The van der Waals surface area contributed by atoms with E-state index in [9.17, 15) is 22.0 Å². The Morgan fingerprint density at radius 3 is 2.40 bits per heavy atom. The van der Waals surface area contributed by atoms with Crippen molar-refractivity contribution in [2.75, 3.05) is 6.61 Å². The maximum absolute atomic E-state index is 14.2. The number of carbonyl (C=O) groups excluding carboxylic acids is 1. The number of hydrogen-bond acceptors (Lipinski definition) is 4. The summed E-state index contributed by atoms with van der Waals surface area (Å²) in [6.07, 6.45) is -0.640. The number of carbonyl (C=O) groups is 1. The average molecular weight is 389 g/mol. The van der Waals surface area contributed by atoms with Crippen LogP contribution in [0, 0.1) is 11.6 Å². The zero-order valence-electron chi connectivity index (χ0n) is 13.2. The van der Waals surface area contributed by atoms with Crippen molar-refractivity contribution < 1.29 is 26.7 Å². The van der Waals surface area contributed by atoms with Crippen molar-refractivity contribution in [3.8, 4) is 0 Å². The van der Waals surface area contributed by atoms with Gasteiger partial charge in [0.05, 0.1) is 17.9 Å². The molecule has 8 heteroatoms. The minimum atomic E-state index is -4.19. The summed E-state index contributed by atoms with van der Waals surface area (Å²) in [4.78, 5) is 11.7. The van der Waals surface area contributed by atoms with Crippen LogP contribution in [-0.2, 0) is 19.4 Å². The molecule has 4 nitrogen and oxygen atoms in total. The molecule has 0 fully saturated rings. The largest absolute Gasteiger partial charge is 0.466 e. The average Bonchev–Trinajstić information content (AvgIpc) is 2.55. The van der Waals surface area contributed by atoms with E-state index in [-0.39, 0.29) is 11.5 Å². The minimum Gasteiger partial charge on any atom is -0.466 e. The molecule has 2 aromatic carbocycles. The molecule has 1 unspecified atom stereocenters. The molecular formula is C17H15ClF2O4S. The van der Waals surface area contributed by atoms with E-state index in [1.165, 1.54) is 24.3 Å². The van der Waals surface area contributed by atoms with Crippen LogP contribution in [0.3, 0.4) is 0 Å². The van der Waals surface area contributed by atoms with Crippen molar-refractivity contribution in [1.29, 1.82) is 0 Å². The van der Waals surface area contributed by atoms with Crippen molar-refractivity contribution in [1.82, 2.24) is 0 Å². The van der Waals surface area contributed by atoms with Gasteiger partial charge < -0.3 is 4.74 Å². The Morgan fingerprint density at radius 1 is 1.16 bits per heavy atom. The molecule has 0 amide bonds. The van der Waals surface area contributed by atoms with E-state index >= 15 is 0 Å². The molecule has 0 bridgehead atoms. The molecule has 0 heterocycles. The van der Waals surface area contributed by atoms with E-state index in [0.29, 0.717) is 5.02 Å². The maximum Gasteiger partial charge on any atom is 0.307 e. The molecule has 0 aliphatic rings. The molecule has 0 aromatic heterocycles. The number of halogens is 3. The minimum absolute atomic E-state index is 0.0399. The molecule has 134 valence electrons. The first-order chi connectivity index (χ1) is 11.8. The second-order valence-corrected chi connectivity index (χ2v) is 7.73. The van der Waals surface area contributed by atoms with Crippen LogP contribution in [0.15, 0.2) is 47.4 Å². The van der Waals surface area contributed by atoms with Crippen LogP contribution >= 0.6 is 11.6 Å². The molecular weight excluding hydrogens is 374 g/mol. The Labute approximate surface area is 149 Å². The third-order valence-electron chi connectivity index (χ3n) is 3.48. The van der Waals surface area contributed by atoms with Crippen LogP contribution in [-0.4, -0.2) is 21.0 Å². The van der Waals surface area contributed by atoms with E-state index in [2.05, 4.69) is 0 Å². The first-order valence-electron chi connectivity index (χ1n) is 7.35. The van der Waals surface area contributed by atoms with Gasteiger partial charge in [-0.3, -0.25) is 4.79 Å². The highest BCUT2D eigenvalue weighted by molar-refractivity contribution is 7.91. The molecule has 2 rings (SSSR count). The molecule has 0 aliphatic carbocycles. The maximum atomic E-state index is 14.2. The smallest absolute Gasteiger partial charge is 0.307 e. The van der Waals surface area contributed by atoms with Crippen molar-refractivity contribution in [2.45, 2.75) is 23.5 Å². The quantitative estimate of drug-likeness (QED) is 0.699. The highest BCUT2D eigenvalue weighted by Gasteiger charge is 2.34. The summed E-state index contributed by atoms with van der Waals surface area (Å²) >= 11 is 5.75. The van der Waals surface area contributed by atoms with Gasteiger partial charge in [-0.25, -0.2) is 17.2 Å². The summed E-state index contributed by atoms with van der Waals surface area (Å²) < 4.78 is 58.3. The Hall–Kier alpha value is -1.99. The Bertz CT molecular complexity index is 867. The molecule has 0 spiro atoms. The first-order valence-corrected chi connectivity index (χ1v) is 9.28. The molecule has 0 aliphatic heterocycles. The van der Waals surface area contributed by atoms with Gasteiger partial charge in [0.2, 0.25) is 0 Å². The van der Waals surface area contributed by atoms with Crippen LogP contribution in [0.4, 0.5) is 8.78 Å². The van der Waals surface area contributed by atoms with Gasteiger partial charge in [0.1, 0.15) is 16.9 Å². The first kappa shape index (κ1) is 19.3. The summed E-state index contributed by atoms with van der Waals surface area (Å²) in [7, 11) is -4.19. The Morgan fingerprint density at radius 2 is 1.80 bits per heavy atom. The summed E-state index contributed by atoms with van der Waals surface area (Å²) in [5.41, 5.74) is -0.428. The third-order valence-corrected chi connectivity index (χ3v) is 5.83. The normalized spacial score (nSPS) is 12.6. The fourth-order valence-electron chi connectivity index (χ4n) is 2.31. The number of sulfone groups is 1. The van der Waals surface area contributed by atoms with Crippen molar-refractivity contribution in [3.05, 3.63) is 64.7 Å². The fraction of sp³-hybridized carbons (Fsp3) is 0.235. The van der Waals surface area contributed by atoms with Gasteiger partial charge in [-0.05, 0) is 49.4 Å². The van der Waals surface area contributed by atoms with E-state index in [1.807, 2.05) is 0 Å². The standard InChI is InChI=1S/C17H15ClF2O4S/c1-2-24-17(21)10-16(14-9-12(19)5-8-15(14)20)25(22,23)13-6-3-11(18)4-7-13/h3-9,16H,2,10H2,1H3. The molecule has 25 heavy (non-hydrogen) atoms. The van der Waals surface area contributed by atoms with Crippen LogP contribution in [0.1, 0.15) is 24.2 Å². The molecule has 0 N–H and O–H groups in total. The van der Waals surface area contributed by atoms with Crippen molar-refractivity contribution >= 4 is 27.4 Å². The number of ether oxygens (including phenoxy) is 1. The lowest BCUT2D eigenvalue weighted by atomic mass is 10.1. The topological polar surface area (TPSA) is 60.4 Å². The summed E-state index contributed by atoms with van der Waals surface area (Å²) in [5.74, 6) is -2.56. The second-order valence-electron chi connectivity index (χ2n) is 5.16. The van der Waals surface area contributed by atoms with Gasteiger partial charge in [0.25, 0.3) is 0 Å². The van der Waals surface area contributed by atoms with Crippen molar-refractivity contribution in [2.24, 2.45) is 0 Å². The van der Waals surface area contributed by atoms with Gasteiger partial charge in [0, 0.05) is 10.6 Å². The number of hydrogen-bond donors (Lipinski definition) is 0. The summed E-state index contributed by atoms with van der Waals surface area (Å²) in [5, 5.41) is -1.30. The van der Waals surface area contributed by atoms with Crippen LogP contribution < -0.4 is 0 Å². The molecule has 0 radical (unpaired) electrons. The zero-order valence-corrected chi connectivity index (χ0v) is 14.8. The highest BCUT2D eigenvalue weighted by Crippen LogP contribution is 2.34. The van der Waals surface area contributed by atoms with Crippen LogP contribution in [0.5, 0.6) is 0 Å². The van der Waals surface area contributed by atoms with Crippen LogP contribution in [0.2, 0.25) is 5.02 Å². The lowest BCUT2D eigenvalue weighted by Crippen LogP contribution is -2.20. The predicted molar refractivity (Wildman–Crippen MR) is 89.0 cm³/mol. The van der Waals surface area contributed by atoms with E-state index < -0.39 is 44.7 Å². The van der Waals surface area contributed by atoms with E-state index in [0.717, 1.165) is 18.2 Å². The highest BCUT2D eigenvalue weighted by atomic mass is 35.5. The predicted octanol–water partition coefficient (Wildman–Crippen LogP) is 4.09. The SMILES string of the molecule is CCOC(=O)CC(c1cc(F)ccc1F)S(=O)(=O)c1ccc(Cl)cc1. The lowest BCUT2D eigenvalue weighted by Gasteiger charge is -2.18.